The average Bonchev–Trinajstić information content (AvgIpc) is 2.95. The number of alkyl halides is 3. The highest BCUT2D eigenvalue weighted by Crippen LogP contribution is 2.32. The van der Waals surface area contributed by atoms with E-state index in [0.717, 1.165) is 0 Å². The number of nitrogens with zero attached hydrogens (tertiary/aromatic N) is 1. The summed E-state index contributed by atoms with van der Waals surface area (Å²) in [6.45, 7) is 0. The fourth-order valence-electron chi connectivity index (χ4n) is 2.15. The molecular weight excluding hydrogens is 366 g/mol. The molecular formula is C15H8Cl2F3N3O. The van der Waals surface area contributed by atoms with Crippen LogP contribution in [0.25, 0.3) is 11.0 Å². The van der Waals surface area contributed by atoms with Crippen LogP contribution in [-0.2, 0) is 6.18 Å². The van der Waals surface area contributed by atoms with Crippen LogP contribution in [0.5, 0.6) is 0 Å². The number of benzene rings is 2. The van der Waals surface area contributed by atoms with Crippen molar-refractivity contribution in [3.8, 4) is 0 Å². The summed E-state index contributed by atoms with van der Waals surface area (Å²) in [4.78, 5) is 18.1. The summed E-state index contributed by atoms with van der Waals surface area (Å²) in [7, 11) is 0. The highest BCUT2D eigenvalue weighted by atomic mass is 35.5. The Morgan fingerprint density at radius 2 is 1.71 bits per heavy atom. The summed E-state index contributed by atoms with van der Waals surface area (Å²) in [5, 5.41) is 2.92. The normalized spacial score (nSPS) is 11.7. The third kappa shape index (κ3) is 3.05. The van der Waals surface area contributed by atoms with Crippen LogP contribution >= 0.6 is 23.2 Å². The van der Waals surface area contributed by atoms with Gasteiger partial charge in [0.2, 0.25) is 5.82 Å². The molecule has 0 saturated carbocycles. The van der Waals surface area contributed by atoms with E-state index in [0.29, 0.717) is 0 Å². The van der Waals surface area contributed by atoms with Crippen LogP contribution in [0, 0.1) is 0 Å². The van der Waals surface area contributed by atoms with Crippen molar-refractivity contribution in [1.82, 2.24) is 9.97 Å². The molecule has 0 unspecified atom stereocenters. The van der Waals surface area contributed by atoms with E-state index in [1.54, 1.807) is 6.07 Å². The van der Waals surface area contributed by atoms with E-state index in [2.05, 4.69) is 15.3 Å². The quantitative estimate of drug-likeness (QED) is 0.653. The van der Waals surface area contributed by atoms with E-state index in [4.69, 9.17) is 23.2 Å². The zero-order valence-corrected chi connectivity index (χ0v) is 13.2. The zero-order valence-electron chi connectivity index (χ0n) is 11.7. The van der Waals surface area contributed by atoms with Crippen molar-refractivity contribution < 1.29 is 18.0 Å². The van der Waals surface area contributed by atoms with Gasteiger partial charge in [-0.25, -0.2) is 4.98 Å². The number of H-pyrrole nitrogens is 1. The standard InChI is InChI=1S/C15H8Cl2F3N3O/c16-8-4-2-5-9(17)12(8)22-13(24)7-3-1-6-10-11(7)23-14(21-10)15(18,19)20/h1-6H,(H,21,23)(H,22,24). The number of halogens is 5. The van der Waals surface area contributed by atoms with Gasteiger partial charge in [0.1, 0.15) is 5.52 Å². The van der Waals surface area contributed by atoms with Crippen molar-refractivity contribution in [1.29, 1.82) is 0 Å². The molecule has 0 atom stereocenters. The number of hydrogen-bond acceptors (Lipinski definition) is 2. The lowest BCUT2D eigenvalue weighted by Crippen LogP contribution is -2.13. The first-order chi connectivity index (χ1) is 11.3. The molecule has 2 aromatic carbocycles. The van der Waals surface area contributed by atoms with Gasteiger partial charge in [0, 0.05) is 0 Å². The van der Waals surface area contributed by atoms with Gasteiger partial charge in [0.25, 0.3) is 5.91 Å². The molecule has 124 valence electrons. The predicted octanol–water partition coefficient (Wildman–Crippen LogP) is 5.14. The number of hydrogen-bond donors (Lipinski definition) is 2. The van der Waals surface area contributed by atoms with Crippen LogP contribution < -0.4 is 5.32 Å². The van der Waals surface area contributed by atoms with Crippen molar-refractivity contribution in [2.24, 2.45) is 0 Å². The molecule has 3 rings (SSSR count). The second-order valence-electron chi connectivity index (χ2n) is 4.84. The third-order valence-electron chi connectivity index (χ3n) is 3.23. The molecule has 0 bridgehead atoms. The topological polar surface area (TPSA) is 57.8 Å². The Balaban J connectivity index is 2.03. The summed E-state index contributed by atoms with van der Waals surface area (Å²) >= 11 is 11.9. The highest BCUT2D eigenvalue weighted by Gasteiger charge is 2.35. The Morgan fingerprint density at radius 1 is 1.08 bits per heavy atom. The maximum absolute atomic E-state index is 12.8. The molecule has 1 amide bonds. The van der Waals surface area contributed by atoms with Gasteiger partial charge in [-0.15, -0.1) is 0 Å². The Bertz CT molecular complexity index is 917. The number of amides is 1. The first kappa shape index (κ1) is 16.6. The average molecular weight is 374 g/mol. The number of para-hydroxylation sites is 2. The predicted molar refractivity (Wildman–Crippen MR) is 85.5 cm³/mol. The third-order valence-corrected chi connectivity index (χ3v) is 3.86. The summed E-state index contributed by atoms with van der Waals surface area (Å²) in [6.07, 6.45) is -4.64. The minimum absolute atomic E-state index is 0.0322. The largest absolute Gasteiger partial charge is 0.449 e. The van der Waals surface area contributed by atoms with E-state index in [1.807, 2.05) is 0 Å². The number of imidazole rings is 1. The van der Waals surface area contributed by atoms with Gasteiger partial charge in [-0.1, -0.05) is 35.3 Å². The molecule has 0 aliphatic rings. The SMILES string of the molecule is O=C(Nc1c(Cl)cccc1Cl)c1cccc2[nH]c(C(F)(F)F)nc12. The minimum Gasteiger partial charge on any atom is -0.334 e. The number of anilines is 1. The van der Waals surface area contributed by atoms with Crippen molar-refractivity contribution >= 4 is 45.8 Å². The van der Waals surface area contributed by atoms with E-state index in [-0.39, 0.29) is 32.3 Å². The number of aromatic amines is 1. The lowest BCUT2D eigenvalue weighted by molar-refractivity contribution is -0.144. The highest BCUT2D eigenvalue weighted by molar-refractivity contribution is 6.40. The lowest BCUT2D eigenvalue weighted by atomic mass is 10.1. The number of nitrogens with one attached hydrogen (secondary N) is 2. The molecule has 4 nitrogen and oxygen atoms in total. The van der Waals surface area contributed by atoms with Gasteiger partial charge in [0.15, 0.2) is 0 Å². The lowest BCUT2D eigenvalue weighted by Gasteiger charge is -2.09. The van der Waals surface area contributed by atoms with Gasteiger partial charge in [-0.05, 0) is 24.3 Å². The van der Waals surface area contributed by atoms with E-state index >= 15 is 0 Å². The second kappa shape index (κ2) is 5.99. The summed E-state index contributed by atoms with van der Waals surface area (Å²) < 4.78 is 38.3. The van der Waals surface area contributed by atoms with Crippen molar-refractivity contribution in [3.63, 3.8) is 0 Å². The molecule has 24 heavy (non-hydrogen) atoms. The summed E-state index contributed by atoms with van der Waals surface area (Å²) in [5.41, 5.74) is 0.149. The fourth-order valence-corrected chi connectivity index (χ4v) is 2.64. The molecule has 3 aromatic rings. The van der Waals surface area contributed by atoms with Gasteiger partial charge >= 0.3 is 6.18 Å². The summed E-state index contributed by atoms with van der Waals surface area (Å²) in [5.74, 6) is -1.84. The number of aromatic nitrogens is 2. The van der Waals surface area contributed by atoms with Gasteiger partial charge < -0.3 is 10.3 Å². The van der Waals surface area contributed by atoms with Gasteiger partial charge in [0.05, 0.1) is 26.8 Å². The van der Waals surface area contributed by atoms with Crippen LogP contribution in [0.4, 0.5) is 18.9 Å². The molecule has 0 fully saturated rings. The van der Waals surface area contributed by atoms with E-state index in [9.17, 15) is 18.0 Å². The Kier molecular flexibility index (Phi) is 4.15. The maximum atomic E-state index is 12.8. The van der Waals surface area contributed by atoms with E-state index in [1.165, 1.54) is 30.3 Å². The van der Waals surface area contributed by atoms with Crippen LogP contribution in [0.3, 0.4) is 0 Å². The zero-order chi connectivity index (χ0) is 17.5. The van der Waals surface area contributed by atoms with Crippen LogP contribution in [-0.4, -0.2) is 15.9 Å². The second-order valence-corrected chi connectivity index (χ2v) is 5.65. The number of carbonyl (C=O) groups is 1. The van der Waals surface area contributed by atoms with Gasteiger partial charge in [-0.3, -0.25) is 4.79 Å². The molecule has 0 radical (unpaired) electrons. The van der Waals surface area contributed by atoms with E-state index < -0.39 is 17.9 Å². The molecule has 1 aromatic heterocycles. The minimum atomic E-state index is -4.64. The van der Waals surface area contributed by atoms with Crippen molar-refractivity contribution in [2.75, 3.05) is 5.32 Å². The number of rotatable bonds is 2. The molecule has 0 aliphatic carbocycles. The smallest absolute Gasteiger partial charge is 0.334 e. The summed E-state index contributed by atoms with van der Waals surface area (Å²) in [6, 6.07) is 8.87. The maximum Gasteiger partial charge on any atom is 0.449 e. The first-order valence-corrected chi connectivity index (χ1v) is 7.34. The fraction of sp³-hybridized carbons (Fsp3) is 0.0667. The molecule has 9 heteroatoms. The molecule has 0 spiro atoms. The molecule has 0 saturated heterocycles. The van der Waals surface area contributed by atoms with Crippen LogP contribution in [0.1, 0.15) is 16.2 Å². The Hall–Kier alpha value is -2.25. The molecule has 1 heterocycles. The van der Waals surface area contributed by atoms with Crippen LogP contribution in [0.2, 0.25) is 10.0 Å². The van der Waals surface area contributed by atoms with Crippen molar-refractivity contribution in [3.05, 3.63) is 57.8 Å². The Morgan fingerprint density at radius 3 is 2.33 bits per heavy atom. The molecule has 2 N–H and O–H groups in total. The van der Waals surface area contributed by atoms with Gasteiger partial charge in [-0.2, -0.15) is 13.2 Å². The van der Waals surface area contributed by atoms with Crippen LogP contribution in [0.15, 0.2) is 36.4 Å². The van der Waals surface area contributed by atoms with Crippen molar-refractivity contribution in [2.45, 2.75) is 6.18 Å². The molecule has 0 aliphatic heterocycles. The Labute approximate surface area is 143 Å². The first-order valence-electron chi connectivity index (χ1n) is 6.58. The monoisotopic (exact) mass is 373 g/mol. The number of carbonyl (C=O) groups excluding carboxylic acids is 1. The number of fused-ring (bicyclic) bond motifs is 1.